The molecule has 0 radical (unpaired) electrons. The van der Waals surface area contributed by atoms with Crippen LogP contribution in [-0.4, -0.2) is 5.16 Å². The second kappa shape index (κ2) is 5.95. The first-order valence-corrected chi connectivity index (χ1v) is 6.84. The van der Waals surface area contributed by atoms with Crippen molar-refractivity contribution in [2.45, 2.75) is 33.4 Å². The van der Waals surface area contributed by atoms with Crippen molar-refractivity contribution in [3.05, 3.63) is 50.8 Å². The van der Waals surface area contributed by atoms with Crippen molar-refractivity contribution in [2.24, 2.45) is 0 Å². The van der Waals surface area contributed by atoms with Crippen LogP contribution < -0.4 is 5.32 Å². The first kappa shape index (κ1) is 14.4. The maximum atomic E-state index is 6.15. The molecule has 2 aromatic rings. The topological polar surface area (TPSA) is 38.1 Å². The molecule has 0 aliphatic carbocycles. The van der Waals surface area contributed by atoms with Gasteiger partial charge in [0.25, 0.3) is 0 Å². The lowest BCUT2D eigenvalue weighted by atomic mass is 10.1. The number of hydrogen-bond donors (Lipinski definition) is 1. The minimum atomic E-state index is 0.151. The Balaban J connectivity index is 2.06. The van der Waals surface area contributed by atoms with Gasteiger partial charge in [-0.15, -0.1) is 0 Å². The lowest BCUT2D eigenvalue weighted by Gasteiger charge is -2.14. The van der Waals surface area contributed by atoms with E-state index in [1.165, 1.54) is 0 Å². The normalized spacial score (nSPS) is 12.7. The first-order chi connectivity index (χ1) is 8.99. The van der Waals surface area contributed by atoms with Gasteiger partial charge < -0.3 is 9.84 Å². The van der Waals surface area contributed by atoms with Gasteiger partial charge in [-0.3, -0.25) is 0 Å². The van der Waals surface area contributed by atoms with Gasteiger partial charge in [-0.1, -0.05) is 34.4 Å². The Bertz CT molecular complexity index is 561. The van der Waals surface area contributed by atoms with Gasteiger partial charge in [-0.05, 0) is 38.5 Å². The van der Waals surface area contributed by atoms with Crippen LogP contribution in [0.4, 0.5) is 0 Å². The maximum absolute atomic E-state index is 6.15. The van der Waals surface area contributed by atoms with Crippen molar-refractivity contribution in [1.82, 2.24) is 10.5 Å². The molecule has 1 atom stereocenters. The van der Waals surface area contributed by atoms with Crippen LogP contribution in [0.5, 0.6) is 0 Å². The molecule has 1 aromatic carbocycles. The summed E-state index contributed by atoms with van der Waals surface area (Å²) in [6.45, 7) is 6.61. The summed E-state index contributed by atoms with van der Waals surface area (Å²) in [6, 6.07) is 5.67. The zero-order valence-electron chi connectivity index (χ0n) is 11.1. The molecular formula is C14H16Cl2N2O. The minimum Gasteiger partial charge on any atom is -0.361 e. The lowest BCUT2D eigenvalue weighted by Crippen LogP contribution is -2.19. The number of aryl methyl sites for hydroxylation is 2. The Morgan fingerprint density at radius 3 is 2.63 bits per heavy atom. The summed E-state index contributed by atoms with van der Waals surface area (Å²) in [4.78, 5) is 0. The number of nitrogens with zero attached hydrogens (tertiary/aromatic N) is 1. The van der Waals surface area contributed by atoms with E-state index in [-0.39, 0.29) is 6.04 Å². The van der Waals surface area contributed by atoms with Crippen molar-refractivity contribution in [1.29, 1.82) is 0 Å². The molecule has 102 valence electrons. The van der Waals surface area contributed by atoms with E-state index >= 15 is 0 Å². The van der Waals surface area contributed by atoms with E-state index in [9.17, 15) is 0 Å². The molecule has 0 amide bonds. The number of nitrogens with one attached hydrogen (secondary N) is 1. The van der Waals surface area contributed by atoms with Crippen LogP contribution in [0.1, 0.15) is 35.5 Å². The molecule has 0 saturated carbocycles. The van der Waals surface area contributed by atoms with Crippen LogP contribution >= 0.6 is 23.2 Å². The zero-order valence-corrected chi connectivity index (χ0v) is 12.6. The summed E-state index contributed by atoms with van der Waals surface area (Å²) < 4.78 is 5.17. The fraction of sp³-hybridized carbons (Fsp3) is 0.357. The molecular weight excluding hydrogens is 283 g/mol. The summed E-state index contributed by atoms with van der Waals surface area (Å²) in [6.07, 6.45) is 0. The smallest absolute Gasteiger partial charge is 0.138 e. The minimum absolute atomic E-state index is 0.151. The monoisotopic (exact) mass is 298 g/mol. The summed E-state index contributed by atoms with van der Waals surface area (Å²) in [7, 11) is 0. The van der Waals surface area contributed by atoms with Crippen molar-refractivity contribution in [3.8, 4) is 0 Å². The van der Waals surface area contributed by atoms with Crippen LogP contribution in [0.25, 0.3) is 0 Å². The molecule has 3 nitrogen and oxygen atoms in total. The van der Waals surface area contributed by atoms with Gasteiger partial charge in [0.05, 0.1) is 5.69 Å². The first-order valence-electron chi connectivity index (χ1n) is 6.09. The molecule has 2 rings (SSSR count). The molecule has 0 fully saturated rings. The fourth-order valence-corrected chi connectivity index (χ4v) is 2.61. The third-order valence-electron chi connectivity index (χ3n) is 3.14. The number of benzene rings is 1. The zero-order chi connectivity index (χ0) is 14.0. The maximum Gasteiger partial charge on any atom is 0.138 e. The van der Waals surface area contributed by atoms with Crippen molar-refractivity contribution < 1.29 is 4.52 Å². The second-order valence-corrected chi connectivity index (χ2v) is 5.42. The largest absolute Gasteiger partial charge is 0.361 e. The van der Waals surface area contributed by atoms with Crippen LogP contribution in [0.3, 0.4) is 0 Å². The average Bonchev–Trinajstić information content (AvgIpc) is 2.68. The Morgan fingerprint density at radius 2 is 2.05 bits per heavy atom. The number of rotatable bonds is 4. The number of aromatic nitrogens is 1. The predicted octanol–water partition coefficient (Wildman–Crippen LogP) is 4.45. The van der Waals surface area contributed by atoms with Crippen LogP contribution in [0, 0.1) is 13.8 Å². The summed E-state index contributed by atoms with van der Waals surface area (Å²) in [5.74, 6) is 0.847. The van der Waals surface area contributed by atoms with Crippen molar-refractivity contribution in [2.75, 3.05) is 0 Å². The second-order valence-electron chi connectivity index (χ2n) is 4.58. The third kappa shape index (κ3) is 3.30. The fourth-order valence-electron chi connectivity index (χ4n) is 2.14. The Kier molecular flexibility index (Phi) is 4.50. The highest BCUT2D eigenvalue weighted by atomic mass is 35.5. The number of halogens is 2. The van der Waals surface area contributed by atoms with E-state index in [1.54, 1.807) is 6.07 Å². The Labute approximate surface area is 122 Å². The van der Waals surface area contributed by atoms with E-state index in [0.717, 1.165) is 22.6 Å². The Hall–Kier alpha value is -1.03. The van der Waals surface area contributed by atoms with Gasteiger partial charge in [-0.2, -0.15) is 0 Å². The van der Waals surface area contributed by atoms with Crippen molar-refractivity contribution in [3.63, 3.8) is 0 Å². The van der Waals surface area contributed by atoms with E-state index < -0.39 is 0 Å². The molecule has 0 aliphatic rings. The highest BCUT2D eigenvalue weighted by Gasteiger charge is 2.16. The quantitative estimate of drug-likeness (QED) is 0.906. The number of hydrogen-bond acceptors (Lipinski definition) is 3. The van der Waals surface area contributed by atoms with Gasteiger partial charge in [-0.25, -0.2) is 0 Å². The molecule has 19 heavy (non-hydrogen) atoms. The molecule has 0 saturated heterocycles. The molecule has 0 bridgehead atoms. The average molecular weight is 299 g/mol. The van der Waals surface area contributed by atoms with Gasteiger partial charge in [0.2, 0.25) is 0 Å². The van der Waals surface area contributed by atoms with Gasteiger partial charge in [0, 0.05) is 28.2 Å². The van der Waals surface area contributed by atoms with Gasteiger partial charge >= 0.3 is 0 Å². The molecule has 1 heterocycles. The molecule has 5 heteroatoms. The highest BCUT2D eigenvalue weighted by Crippen LogP contribution is 2.24. The van der Waals surface area contributed by atoms with Crippen LogP contribution in [0.15, 0.2) is 22.7 Å². The lowest BCUT2D eigenvalue weighted by molar-refractivity contribution is 0.390. The Morgan fingerprint density at radius 1 is 1.32 bits per heavy atom. The predicted molar refractivity (Wildman–Crippen MR) is 77.7 cm³/mol. The molecule has 1 aromatic heterocycles. The highest BCUT2D eigenvalue weighted by molar-refractivity contribution is 6.35. The van der Waals surface area contributed by atoms with E-state index in [0.29, 0.717) is 16.6 Å². The van der Waals surface area contributed by atoms with E-state index in [4.69, 9.17) is 27.7 Å². The van der Waals surface area contributed by atoms with Crippen LogP contribution in [-0.2, 0) is 6.54 Å². The molecule has 0 aliphatic heterocycles. The molecule has 1 N–H and O–H groups in total. The summed E-state index contributed by atoms with van der Waals surface area (Å²) in [5, 5.41) is 8.70. The third-order valence-corrected chi connectivity index (χ3v) is 3.72. The van der Waals surface area contributed by atoms with E-state index in [2.05, 4.69) is 17.4 Å². The SMILES string of the molecule is Cc1noc(C)c1C(C)NCc1ccc(Cl)cc1Cl. The molecule has 1 unspecified atom stereocenters. The summed E-state index contributed by atoms with van der Waals surface area (Å²) >= 11 is 12.0. The van der Waals surface area contributed by atoms with Gasteiger partial charge in [0.15, 0.2) is 0 Å². The molecule has 0 spiro atoms. The van der Waals surface area contributed by atoms with Crippen LogP contribution in [0.2, 0.25) is 10.0 Å². The summed E-state index contributed by atoms with van der Waals surface area (Å²) in [5.41, 5.74) is 3.04. The standard InChI is InChI=1S/C14H16Cl2N2O/c1-8(14-9(2)18-19-10(14)3)17-7-11-4-5-12(15)6-13(11)16/h4-6,8,17H,7H2,1-3H3. The van der Waals surface area contributed by atoms with Gasteiger partial charge in [0.1, 0.15) is 5.76 Å². The van der Waals surface area contributed by atoms with Crippen molar-refractivity contribution >= 4 is 23.2 Å². The van der Waals surface area contributed by atoms with E-state index in [1.807, 2.05) is 26.0 Å².